The fourth-order valence-electron chi connectivity index (χ4n) is 1.14. The van der Waals surface area contributed by atoms with Gasteiger partial charge in [-0.05, 0) is 13.3 Å². The first-order valence-corrected chi connectivity index (χ1v) is 5.14. The maximum Gasteiger partial charge on any atom is 0.325 e. The SMILES string of the molecule is C/C=C/CCNC(=O)c1cn(CC(=O)O)nn1. The summed E-state index contributed by atoms with van der Waals surface area (Å²) in [6, 6.07) is 0. The van der Waals surface area contributed by atoms with Gasteiger partial charge in [-0.3, -0.25) is 9.59 Å². The van der Waals surface area contributed by atoms with E-state index in [2.05, 4.69) is 15.6 Å². The third-order valence-corrected chi connectivity index (χ3v) is 1.90. The van der Waals surface area contributed by atoms with Gasteiger partial charge in [0, 0.05) is 6.54 Å². The van der Waals surface area contributed by atoms with Crippen LogP contribution in [0.25, 0.3) is 0 Å². The van der Waals surface area contributed by atoms with E-state index in [1.807, 2.05) is 19.1 Å². The number of rotatable bonds is 6. The van der Waals surface area contributed by atoms with Crippen LogP contribution in [0.3, 0.4) is 0 Å². The first-order valence-electron chi connectivity index (χ1n) is 5.14. The standard InChI is InChI=1S/C10H14N4O3/c1-2-3-4-5-11-10(17)8-6-14(13-12-8)7-9(15)16/h2-3,6H,4-5,7H2,1H3,(H,11,17)(H,15,16)/b3-2+. The van der Waals surface area contributed by atoms with Crippen LogP contribution in [-0.2, 0) is 11.3 Å². The number of carboxylic acids is 1. The van der Waals surface area contributed by atoms with Gasteiger partial charge in [-0.2, -0.15) is 0 Å². The highest BCUT2D eigenvalue weighted by molar-refractivity contribution is 5.91. The van der Waals surface area contributed by atoms with E-state index in [1.165, 1.54) is 6.20 Å². The number of carbonyl (C=O) groups is 2. The largest absolute Gasteiger partial charge is 0.480 e. The van der Waals surface area contributed by atoms with E-state index in [1.54, 1.807) is 0 Å². The average Bonchev–Trinajstić information content (AvgIpc) is 2.71. The molecule has 0 saturated heterocycles. The van der Waals surface area contributed by atoms with Crippen LogP contribution in [0, 0.1) is 0 Å². The van der Waals surface area contributed by atoms with E-state index in [4.69, 9.17) is 5.11 Å². The monoisotopic (exact) mass is 238 g/mol. The number of aromatic nitrogens is 3. The second-order valence-electron chi connectivity index (χ2n) is 3.31. The zero-order valence-corrected chi connectivity index (χ0v) is 9.46. The molecule has 0 spiro atoms. The quantitative estimate of drug-likeness (QED) is 0.539. The summed E-state index contributed by atoms with van der Waals surface area (Å²) in [6.45, 7) is 2.10. The molecule has 0 radical (unpaired) electrons. The van der Waals surface area contributed by atoms with Crippen LogP contribution in [0.2, 0.25) is 0 Å². The summed E-state index contributed by atoms with van der Waals surface area (Å²) in [5.74, 6) is -1.39. The van der Waals surface area contributed by atoms with E-state index in [0.717, 1.165) is 11.1 Å². The lowest BCUT2D eigenvalue weighted by Crippen LogP contribution is -2.24. The Morgan fingerprint density at radius 1 is 1.59 bits per heavy atom. The fraction of sp³-hybridized carbons (Fsp3) is 0.400. The van der Waals surface area contributed by atoms with Crippen molar-refractivity contribution >= 4 is 11.9 Å². The number of aliphatic carboxylic acids is 1. The zero-order valence-electron chi connectivity index (χ0n) is 9.46. The minimum atomic E-state index is -1.03. The molecule has 0 saturated carbocycles. The van der Waals surface area contributed by atoms with Crippen LogP contribution in [0.15, 0.2) is 18.3 Å². The third-order valence-electron chi connectivity index (χ3n) is 1.90. The highest BCUT2D eigenvalue weighted by atomic mass is 16.4. The number of amides is 1. The molecule has 7 nitrogen and oxygen atoms in total. The molecule has 1 amide bonds. The molecule has 0 aliphatic rings. The minimum absolute atomic E-state index is 0.117. The number of allylic oxidation sites excluding steroid dienone is 1. The number of carbonyl (C=O) groups excluding carboxylic acids is 1. The summed E-state index contributed by atoms with van der Waals surface area (Å²) in [5.41, 5.74) is 0.117. The first-order chi connectivity index (χ1) is 8.13. The summed E-state index contributed by atoms with van der Waals surface area (Å²) in [5, 5.41) is 18.3. The highest BCUT2D eigenvalue weighted by Crippen LogP contribution is 1.93. The second-order valence-corrected chi connectivity index (χ2v) is 3.31. The molecule has 7 heteroatoms. The zero-order chi connectivity index (χ0) is 12.7. The molecule has 0 aliphatic heterocycles. The van der Waals surface area contributed by atoms with Crippen molar-refractivity contribution in [1.29, 1.82) is 0 Å². The Morgan fingerprint density at radius 3 is 3.00 bits per heavy atom. The normalized spacial score (nSPS) is 10.6. The summed E-state index contributed by atoms with van der Waals surface area (Å²) in [6.07, 6.45) is 5.88. The molecule has 1 heterocycles. The first kappa shape index (κ1) is 12.9. The van der Waals surface area contributed by atoms with Crippen LogP contribution in [0.4, 0.5) is 0 Å². The van der Waals surface area contributed by atoms with Crippen molar-refractivity contribution in [3.05, 3.63) is 24.0 Å². The smallest absolute Gasteiger partial charge is 0.325 e. The number of hydrogen-bond donors (Lipinski definition) is 2. The topological polar surface area (TPSA) is 97.1 Å². The molecule has 0 unspecified atom stereocenters. The fourth-order valence-corrected chi connectivity index (χ4v) is 1.14. The van der Waals surface area contributed by atoms with Crippen molar-refractivity contribution in [3.63, 3.8) is 0 Å². The Morgan fingerprint density at radius 2 is 2.35 bits per heavy atom. The molecule has 1 aromatic rings. The molecule has 1 rings (SSSR count). The van der Waals surface area contributed by atoms with Crippen molar-refractivity contribution in [1.82, 2.24) is 20.3 Å². The van der Waals surface area contributed by atoms with Crippen LogP contribution in [0.5, 0.6) is 0 Å². The number of nitrogens with one attached hydrogen (secondary N) is 1. The van der Waals surface area contributed by atoms with Crippen molar-refractivity contribution < 1.29 is 14.7 Å². The van der Waals surface area contributed by atoms with Crippen molar-refractivity contribution in [2.45, 2.75) is 19.9 Å². The van der Waals surface area contributed by atoms with Crippen LogP contribution in [0.1, 0.15) is 23.8 Å². The maximum atomic E-state index is 11.5. The van der Waals surface area contributed by atoms with Gasteiger partial charge in [0.25, 0.3) is 5.91 Å². The van der Waals surface area contributed by atoms with Gasteiger partial charge >= 0.3 is 5.97 Å². The lowest BCUT2D eigenvalue weighted by Gasteiger charge is -1.98. The predicted molar refractivity (Wildman–Crippen MR) is 59.4 cm³/mol. The molecule has 0 bridgehead atoms. The number of carboxylic acid groups (broad SMARTS) is 1. The molecule has 1 aromatic heterocycles. The predicted octanol–water partition coefficient (Wildman–Crippen LogP) is 0.0587. The maximum absolute atomic E-state index is 11.5. The van der Waals surface area contributed by atoms with E-state index in [-0.39, 0.29) is 18.1 Å². The van der Waals surface area contributed by atoms with Gasteiger partial charge in [-0.25, -0.2) is 4.68 Å². The summed E-state index contributed by atoms with van der Waals surface area (Å²) in [4.78, 5) is 21.9. The van der Waals surface area contributed by atoms with Gasteiger partial charge in [0.15, 0.2) is 5.69 Å². The molecule has 0 atom stereocenters. The van der Waals surface area contributed by atoms with Gasteiger partial charge in [-0.1, -0.05) is 17.4 Å². The Balaban J connectivity index is 2.46. The Hall–Kier alpha value is -2.18. The van der Waals surface area contributed by atoms with Crippen molar-refractivity contribution in [3.8, 4) is 0 Å². The third kappa shape index (κ3) is 4.45. The summed E-state index contributed by atoms with van der Waals surface area (Å²) < 4.78 is 1.10. The second kappa shape index (κ2) is 6.41. The number of nitrogens with zero attached hydrogens (tertiary/aromatic N) is 3. The molecule has 2 N–H and O–H groups in total. The van der Waals surface area contributed by atoms with Crippen molar-refractivity contribution in [2.75, 3.05) is 6.54 Å². The Bertz CT molecular complexity index is 425. The van der Waals surface area contributed by atoms with Crippen LogP contribution in [-0.4, -0.2) is 38.5 Å². The minimum Gasteiger partial charge on any atom is -0.480 e. The number of hydrogen-bond acceptors (Lipinski definition) is 4. The average molecular weight is 238 g/mol. The summed E-state index contributed by atoms with van der Waals surface area (Å²) in [7, 11) is 0. The molecular formula is C10H14N4O3. The molecular weight excluding hydrogens is 224 g/mol. The van der Waals surface area contributed by atoms with Crippen LogP contribution < -0.4 is 5.32 Å². The van der Waals surface area contributed by atoms with Gasteiger partial charge in [0.2, 0.25) is 0 Å². The van der Waals surface area contributed by atoms with Crippen molar-refractivity contribution in [2.24, 2.45) is 0 Å². The molecule has 0 aliphatic carbocycles. The van der Waals surface area contributed by atoms with E-state index in [9.17, 15) is 9.59 Å². The van der Waals surface area contributed by atoms with E-state index >= 15 is 0 Å². The molecule has 0 aromatic carbocycles. The van der Waals surface area contributed by atoms with Gasteiger partial charge in [0.1, 0.15) is 6.54 Å². The van der Waals surface area contributed by atoms with Gasteiger partial charge in [0.05, 0.1) is 6.20 Å². The van der Waals surface area contributed by atoms with E-state index in [0.29, 0.717) is 6.54 Å². The van der Waals surface area contributed by atoms with Gasteiger partial charge < -0.3 is 10.4 Å². The Kier molecular flexibility index (Phi) is 4.86. The lowest BCUT2D eigenvalue weighted by atomic mass is 10.3. The molecule has 17 heavy (non-hydrogen) atoms. The molecule has 92 valence electrons. The van der Waals surface area contributed by atoms with Gasteiger partial charge in [-0.15, -0.1) is 5.10 Å². The summed E-state index contributed by atoms with van der Waals surface area (Å²) >= 11 is 0. The highest BCUT2D eigenvalue weighted by Gasteiger charge is 2.10. The Labute approximate surface area is 98.1 Å². The molecule has 0 fully saturated rings. The van der Waals surface area contributed by atoms with Crippen LogP contribution >= 0.6 is 0 Å². The lowest BCUT2D eigenvalue weighted by molar-refractivity contribution is -0.137. The van der Waals surface area contributed by atoms with E-state index < -0.39 is 5.97 Å².